The molecular weight excluding hydrogens is 190 g/mol. The molecule has 2 N–H and O–H groups in total. The lowest BCUT2D eigenvalue weighted by molar-refractivity contribution is -0.125. The van der Waals surface area contributed by atoms with Crippen LogP contribution in [-0.4, -0.2) is 18.1 Å². The standard InChI is InChI=1S/C12H17NO2/c1-9-6-4-5-7-10(9)12(2,15)8-11(14)13-3/h4-7,15H,8H2,1-3H3,(H,13,14). The van der Waals surface area contributed by atoms with Gasteiger partial charge in [-0.25, -0.2) is 0 Å². The number of aliphatic hydroxyl groups is 1. The van der Waals surface area contributed by atoms with Crippen LogP contribution in [0.5, 0.6) is 0 Å². The molecule has 0 aliphatic heterocycles. The molecule has 0 radical (unpaired) electrons. The van der Waals surface area contributed by atoms with Gasteiger partial charge < -0.3 is 10.4 Å². The summed E-state index contributed by atoms with van der Waals surface area (Å²) in [7, 11) is 1.57. The SMILES string of the molecule is CNC(=O)CC(C)(O)c1ccccc1C. The van der Waals surface area contributed by atoms with Gasteiger partial charge in [0, 0.05) is 7.05 Å². The van der Waals surface area contributed by atoms with Crippen LogP contribution in [0.2, 0.25) is 0 Å². The van der Waals surface area contributed by atoms with Crippen molar-refractivity contribution in [1.29, 1.82) is 0 Å². The minimum atomic E-state index is -1.11. The van der Waals surface area contributed by atoms with Crippen molar-refractivity contribution in [2.45, 2.75) is 25.9 Å². The van der Waals surface area contributed by atoms with Gasteiger partial charge in [0.2, 0.25) is 5.91 Å². The quantitative estimate of drug-likeness (QED) is 0.785. The summed E-state index contributed by atoms with van der Waals surface area (Å²) in [5, 5.41) is 12.7. The van der Waals surface area contributed by atoms with Crippen molar-refractivity contribution in [2.24, 2.45) is 0 Å². The van der Waals surface area contributed by atoms with Crippen LogP contribution < -0.4 is 5.32 Å². The highest BCUT2D eigenvalue weighted by Crippen LogP contribution is 2.26. The van der Waals surface area contributed by atoms with Crippen molar-refractivity contribution in [2.75, 3.05) is 7.05 Å². The van der Waals surface area contributed by atoms with Crippen LogP contribution in [-0.2, 0) is 10.4 Å². The molecule has 0 spiro atoms. The third-order valence-corrected chi connectivity index (χ3v) is 2.51. The highest BCUT2D eigenvalue weighted by molar-refractivity contribution is 5.76. The summed E-state index contributed by atoms with van der Waals surface area (Å²) in [6.45, 7) is 3.58. The molecule has 0 saturated heterocycles. The number of aryl methyl sites for hydroxylation is 1. The summed E-state index contributed by atoms with van der Waals surface area (Å²) < 4.78 is 0. The summed E-state index contributed by atoms with van der Waals surface area (Å²) in [5.74, 6) is -0.164. The molecule has 0 aliphatic carbocycles. The Morgan fingerprint density at radius 2 is 2.07 bits per heavy atom. The molecule has 1 rings (SSSR count). The van der Waals surface area contributed by atoms with E-state index in [1.807, 2.05) is 31.2 Å². The molecule has 1 atom stereocenters. The van der Waals surface area contributed by atoms with Gasteiger partial charge in [0.25, 0.3) is 0 Å². The monoisotopic (exact) mass is 207 g/mol. The van der Waals surface area contributed by atoms with Crippen LogP contribution in [0.4, 0.5) is 0 Å². The fourth-order valence-corrected chi connectivity index (χ4v) is 1.67. The van der Waals surface area contributed by atoms with E-state index in [4.69, 9.17) is 0 Å². The van der Waals surface area contributed by atoms with Crippen molar-refractivity contribution >= 4 is 5.91 Å². The number of hydrogen-bond acceptors (Lipinski definition) is 2. The van der Waals surface area contributed by atoms with Gasteiger partial charge in [-0.05, 0) is 25.0 Å². The molecule has 82 valence electrons. The first-order chi connectivity index (χ1) is 6.97. The maximum atomic E-state index is 11.2. The number of amides is 1. The molecular formula is C12H17NO2. The van der Waals surface area contributed by atoms with Gasteiger partial charge in [0.1, 0.15) is 0 Å². The normalized spacial score (nSPS) is 14.4. The second kappa shape index (κ2) is 4.45. The highest BCUT2D eigenvalue weighted by atomic mass is 16.3. The van der Waals surface area contributed by atoms with E-state index in [0.29, 0.717) is 0 Å². The first kappa shape index (κ1) is 11.7. The van der Waals surface area contributed by atoms with E-state index in [-0.39, 0.29) is 12.3 Å². The molecule has 1 aromatic rings. The van der Waals surface area contributed by atoms with Gasteiger partial charge in [-0.3, -0.25) is 4.79 Å². The molecule has 1 aromatic carbocycles. The summed E-state index contributed by atoms with van der Waals surface area (Å²) in [5.41, 5.74) is 0.686. The van der Waals surface area contributed by atoms with E-state index in [9.17, 15) is 9.90 Å². The maximum absolute atomic E-state index is 11.2. The number of hydrogen-bond donors (Lipinski definition) is 2. The molecule has 0 saturated carbocycles. The molecule has 1 amide bonds. The summed E-state index contributed by atoms with van der Waals surface area (Å²) in [4.78, 5) is 11.2. The zero-order chi connectivity index (χ0) is 11.5. The molecule has 0 heterocycles. The number of rotatable bonds is 3. The lowest BCUT2D eigenvalue weighted by Crippen LogP contribution is -2.31. The van der Waals surface area contributed by atoms with E-state index < -0.39 is 5.60 Å². The summed E-state index contributed by atoms with van der Waals surface area (Å²) in [6.07, 6.45) is 0.0777. The van der Waals surface area contributed by atoms with Gasteiger partial charge >= 0.3 is 0 Å². The Balaban J connectivity index is 2.95. The van der Waals surface area contributed by atoms with Crippen LogP contribution >= 0.6 is 0 Å². The zero-order valence-corrected chi connectivity index (χ0v) is 9.37. The second-order valence-electron chi connectivity index (χ2n) is 3.94. The Bertz CT molecular complexity index is 358. The summed E-state index contributed by atoms with van der Waals surface area (Å²) >= 11 is 0. The molecule has 0 fully saturated rings. The first-order valence-electron chi connectivity index (χ1n) is 4.96. The average Bonchev–Trinajstić information content (AvgIpc) is 2.17. The van der Waals surface area contributed by atoms with Gasteiger partial charge in [0.15, 0.2) is 0 Å². The van der Waals surface area contributed by atoms with Crippen molar-refractivity contribution in [3.8, 4) is 0 Å². The van der Waals surface area contributed by atoms with E-state index in [1.165, 1.54) is 0 Å². The fraction of sp³-hybridized carbons (Fsp3) is 0.417. The van der Waals surface area contributed by atoms with Crippen LogP contribution in [0.25, 0.3) is 0 Å². The minimum absolute atomic E-state index is 0.0777. The Kier molecular flexibility index (Phi) is 3.48. The van der Waals surface area contributed by atoms with Crippen molar-refractivity contribution < 1.29 is 9.90 Å². The van der Waals surface area contributed by atoms with Crippen molar-refractivity contribution in [3.05, 3.63) is 35.4 Å². The second-order valence-corrected chi connectivity index (χ2v) is 3.94. The topological polar surface area (TPSA) is 49.3 Å². The molecule has 0 aromatic heterocycles. The van der Waals surface area contributed by atoms with E-state index >= 15 is 0 Å². The fourth-order valence-electron chi connectivity index (χ4n) is 1.67. The molecule has 3 nitrogen and oxygen atoms in total. The van der Waals surface area contributed by atoms with Crippen LogP contribution in [0.1, 0.15) is 24.5 Å². The van der Waals surface area contributed by atoms with E-state index in [0.717, 1.165) is 11.1 Å². The number of carbonyl (C=O) groups excluding carboxylic acids is 1. The Morgan fingerprint density at radius 1 is 1.47 bits per heavy atom. The van der Waals surface area contributed by atoms with Gasteiger partial charge in [-0.15, -0.1) is 0 Å². The van der Waals surface area contributed by atoms with Crippen LogP contribution in [0.3, 0.4) is 0 Å². The molecule has 0 aliphatic rings. The summed E-state index contributed by atoms with van der Waals surface area (Å²) in [6, 6.07) is 7.54. The third-order valence-electron chi connectivity index (χ3n) is 2.51. The smallest absolute Gasteiger partial charge is 0.222 e. The van der Waals surface area contributed by atoms with E-state index in [1.54, 1.807) is 14.0 Å². The lowest BCUT2D eigenvalue weighted by Gasteiger charge is -2.24. The van der Waals surface area contributed by atoms with E-state index in [2.05, 4.69) is 5.32 Å². The van der Waals surface area contributed by atoms with Crippen molar-refractivity contribution in [3.63, 3.8) is 0 Å². The first-order valence-corrected chi connectivity index (χ1v) is 4.96. The Morgan fingerprint density at radius 3 is 2.60 bits per heavy atom. The predicted molar refractivity (Wildman–Crippen MR) is 59.4 cm³/mol. The number of benzene rings is 1. The Hall–Kier alpha value is -1.35. The third kappa shape index (κ3) is 2.80. The van der Waals surface area contributed by atoms with Crippen LogP contribution in [0.15, 0.2) is 24.3 Å². The van der Waals surface area contributed by atoms with Gasteiger partial charge in [-0.1, -0.05) is 24.3 Å². The molecule has 0 bridgehead atoms. The zero-order valence-electron chi connectivity index (χ0n) is 9.37. The Labute approximate surface area is 90.1 Å². The lowest BCUT2D eigenvalue weighted by atomic mass is 9.89. The molecule has 3 heteroatoms. The minimum Gasteiger partial charge on any atom is -0.385 e. The highest BCUT2D eigenvalue weighted by Gasteiger charge is 2.27. The molecule has 1 unspecified atom stereocenters. The average molecular weight is 207 g/mol. The van der Waals surface area contributed by atoms with Crippen LogP contribution in [0, 0.1) is 6.92 Å². The van der Waals surface area contributed by atoms with Crippen molar-refractivity contribution in [1.82, 2.24) is 5.32 Å². The van der Waals surface area contributed by atoms with Gasteiger partial charge in [0.05, 0.1) is 12.0 Å². The number of carbonyl (C=O) groups is 1. The molecule has 15 heavy (non-hydrogen) atoms. The predicted octanol–water partition coefficient (Wildman–Crippen LogP) is 1.34. The number of nitrogens with one attached hydrogen (secondary N) is 1. The largest absolute Gasteiger partial charge is 0.385 e. The van der Waals surface area contributed by atoms with Gasteiger partial charge in [-0.2, -0.15) is 0 Å². The maximum Gasteiger partial charge on any atom is 0.222 e.